The van der Waals surface area contributed by atoms with Gasteiger partial charge in [0.1, 0.15) is 11.5 Å². The van der Waals surface area contributed by atoms with Crippen molar-refractivity contribution >= 4 is 23.4 Å². The number of likely N-dealkylation sites (N-methyl/N-ethyl adjacent to an activating group) is 1. The second kappa shape index (κ2) is 9.36. The van der Waals surface area contributed by atoms with E-state index in [-0.39, 0.29) is 11.3 Å². The predicted molar refractivity (Wildman–Crippen MR) is 121 cm³/mol. The van der Waals surface area contributed by atoms with E-state index in [4.69, 9.17) is 4.74 Å². The molecule has 32 heavy (non-hydrogen) atoms. The molecule has 168 valence electrons. The van der Waals surface area contributed by atoms with Crippen LogP contribution in [0.15, 0.2) is 48.0 Å². The number of rotatable bonds is 6. The van der Waals surface area contributed by atoms with Crippen molar-refractivity contribution in [1.29, 1.82) is 0 Å². The van der Waals surface area contributed by atoms with Crippen LogP contribution in [0.1, 0.15) is 35.2 Å². The highest BCUT2D eigenvalue weighted by atomic mass is 16.5. The molecule has 1 unspecified atom stereocenters. The number of ketones is 1. The van der Waals surface area contributed by atoms with Crippen molar-refractivity contribution in [3.05, 3.63) is 70.3 Å². The Morgan fingerprint density at radius 1 is 1.06 bits per heavy atom. The molecule has 0 saturated carbocycles. The SMILES string of the molecule is CC(=O)Oc1ccc(C2/C(=C(/O)c3ccc(C)c(C)c3)C(=O)C(=O)N2CCN(C)C)cc1. The van der Waals surface area contributed by atoms with Crippen LogP contribution in [0.3, 0.4) is 0 Å². The van der Waals surface area contributed by atoms with Crippen molar-refractivity contribution in [2.24, 2.45) is 0 Å². The molecule has 3 rings (SSSR count). The van der Waals surface area contributed by atoms with E-state index in [9.17, 15) is 19.5 Å². The maximum Gasteiger partial charge on any atom is 0.308 e. The number of aliphatic hydroxyl groups excluding tert-OH is 1. The van der Waals surface area contributed by atoms with E-state index >= 15 is 0 Å². The summed E-state index contributed by atoms with van der Waals surface area (Å²) in [5.41, 5.74) is 3.21. The van der Waals surface area contributed by atoms with Crippen molar-refractivity contribution in [2.45, 2.75) is 26.8 Å². The van der Waals surface area contributed by atoms with Crippen molar-refractivity contribution in [2.75, 3.05) is 27.2 Å². The summed E-state index contributed by atoms with van der Waals surface area (Å²) in [6, 6.07) is 11.3. The van der Waals surface area contributed by atoms with Crippen molar-refractivity contribution in [1.82, 2.24) is 9.80 Å². The van der Waals surface area contributed by atoms with Gasteiger partial charge in [-0.05, 0) is 62.8 Å². The molecule has 2 aromatic carbocycles. The summed E-state index contributed by atoms with van der Waals surface area (Å²) >= 11 is 0. The number of aliphatic hydroxyl groups is 1. The summed E-state index contributed by atoms with van der Waals surface area (Å²) < 4.78 is 5.09. The average molecular weight is 437 g/mol. The Kier molecular flexibility index (Phi) is 6.79. The van der Waals surface area contributed by atoms with Crippen molar-refractivity contribution < 1.29 is 24.2 Å². The number of benzene rings is 2. The smallest absolute Gasteiger partial charge is 0.308 e. The first-order valence-corrected chi connectivity index (χ1v) is 10.4. The molecule has 0 aliphatic carbocycles. The first-order valence-electron chi connectivity index (χ1n) is 10.4. The topological polar surface area (TPSA) is 87.1 Å². The van der Waals surface area contributed by atoms with Crippen LogP contribution in [-0.2, 0) is 14.4 Å². The summed E-state index contributed by atoms with van der Waals surface area (Å²) in [6.07, 6.45) is 0. The van der Waals surface area contributed by atoms with Gasteiger partial charge in [-0.3, -0.25) is 14.4 Å². The molecule has 0 bridgehead atoms. The third-order valence-corrected chi connectivity index (χ3v) is 5.57. The van der Waals surface area contributed by atoms with Crippen LogP contribution < -0.4 is 4.74 Å². The van der Waals surface area contributed by atoms with Crippen LogP contribution in [-0.4, -0.2) is 59.8 Å². The van der Waals surface area contributed by atoms with Gasteiger partial charge in [-0.2, -0.15) is 0 Å². The van der Waals surface area contributed by atoms with Gasteiger partial charge in [-0.1, -0.05) is 24.3 Å². The molecule has 1 fully saturated rings. The normalized spacial score (nSPS) is 17.8. The largest absolute Gasteiger partial charge is 0.507 e. The highest BCUT2D eigenvalue weighted by molar-refractivity contribution is 6.46. The number of ether oxygens (including phenoxy) is 1. The standard InChI is InChI=1S/C25H28N2O5/c1-15-6-7-19(14-16(15)2)23(29)21-22(18-8-10-20(11-9-18)32-17(3)28)27(13-12-26(4)5)25(31)24(21)30/h6-11,14,22,29H,12-13H2,1-5H3/b23-21-. The number of nitrogens with zero attached hydrogens (tertiary/aromatic N) is 2. The fourth-order valence-corrected chi connectivity index (χ4v) is 3.69. The van der Waals surface area contributed by atoms with Crippen molar-refractivity contribution in [3.63, 3.8) is 0 Å². The number of Topliss-reactive ketones (excluding diaryl/α,β-unsaturated/α-hetero) is 1. The molecule has 7 nitrogen and oxygen atoms in total. The van der Waals surface area contributed by atoms with E-state index in [1.807, 2.05) is 38.9 Å². The maximum absolute atomic E-state index is 13.0. The van der Waals surface area contributed by atoms with E-state index in [1.165, 1.54) is 11.8 Å². The molecule has 1 N–H and O–H groups in total. The molecule has 1 amide bonds. The van der Waals surface area contributed by atoms with Gasteiger partial charge >= 0.3 is 5.97 Å². The number of esters is 1. The highest BCUT2D eigenvalue weighted by Crippen LogP contribution is 2.39. The summed E-state index contributed by atoms with van der Waals surface area (Å²) in [7, 11) is 3.77. The van der Waals surface area contributed by atoms with E-state index in [0.717, 1.165) is 11.1 Å². The molecule has 0 spiro atoms. The number of hydrogen-bond donors (Lipinski definition) is 1. The van der Waals surface area contributed by atoms with Gasteiger partial charge in [0.05, 0.1) is 11.6 Å². The Morgan fingerprint density at radius 2 is 1.72 bits per heavy atom. The summed E-state index contributed by atoms with van der Waals surface area (Å²) in [6.45, 7) is 6.07. The van der Waals surface area contributed by atoms with Crippen LogP contribution in [0.4, 0.5) is 0 Å². The Labute approximate surface area is 187 Å². The molecule has 1 saturated heterocycles. The molecular formula is C25H28N2O5. The lowest BCUT2D eigenvalue weighted by Gasteiger charge is -2.26. The summed E-state index contributed by atoms with van der Waals surface area (Å²) in [5, 5.41) is 11.1. The minimum Gasteiger partial charge on any atom is -0.507 e. The van der Waals surface area contributed by atoms with E-state index < -0.39 is 23.7 Å². The molecule has 2 aromatic rings. The molecule has 1 aliphatic rings. The monoisotopic (exact) mass is 436 g/mol. The first kappa shape index (κ1) is 23.2. The van der Waals surface area contributed by atoms with Crippen LogP contribution in [0.5, 0.6) is 5.75 Å². The molecule has 1 atom stereocenters. The quantitative estimate of drug-likeness (QED) is 0.246. The Morgan fingerprint density at radius 3 is 2.28 bits per heavy atom. The number of likely N-dealkylation sites (tertiary alicyclic amines) is 1. The molecule has 0 radical (unpaired) electrons. The number of carbonyl (C=O) groups is 3. The second-order valence-electron chi connectivity index (χ2n) is 8.26. The van der Waals surface area contributed by atoms with Gasteiger partial charge in [0.2, 0.25) is 0 Å². The summed E-state index contributed by atoms with van der Waals surface area (Å²) in [5.74, 6) is -1.64. The van der Waals surface area contributed by atoms with Crippen LogP contribution in [0.2, 0.25) is 0 Å². The lowest BCUT2D eigenvalue weighted by Crippen LogP contribution is -2.35. The molecule has 1 aliphatic heterocycles. The van der Waals surface area contributed by atoms with E-state index in [0.29, 0.717) is 30.0 Å². The van der Waals surface area contributed by atoms with Crippen LogP contribution in [0, 0.1) is 13.8 Å². The molecule has 0 aromatic heterocycles. The average Bonchev–Trinajstić information content (AvgIpc) is 2.98. The van der Waals surface area contributed by atoms with E-state index in [2.05, 4.69) is 0 Å². The van der Waals surface area contributed by atoms with Gasteiger partial charge in [-0.15, -0.1) is 0 Å². The van der Waals surface area contributed by atoms with Crippen molar-refractivity contribution in [3.8, 4) is 5.75 Å². The third-order valence-electron chi connectivity index (χ3n) is 5.57. The fourth-order valence-electron chi connectivity index (χ4n) is 3.69. The number of amides is 1. The maximum atomic E-state index is 13.0. The van der Waals surface area contributed by atoms with Gasteiger partial charge in [0.15, 0.2) is 0 Å². The number of carbonyl (C=O) groups excluding carboxylic acids is 3. The highest BCUT2D eigenvalue weighted by Gasteiger charge is 2.45. The summed E-state index contributed by atoms with van der Waals surface area (Å²) in [4.78, 5) is 40.6. The van der Waals surface area contributed by atoms with Gasteiger partial charge in [0, 0.05) is 25.6 Å². The Bertz CT molecular complexity index is 1090. The minimum absolute atomic E-state index is 0.0530. The predicted octanol–water partition coefficient (Wildman–Crippen LogP) is 3.21. The van der Waals surface area contributed by atoms with Crippen LogP contribution >= 0.6 is 0 Å². The van der Waals surface area contributed by atoms with E-state index in [1.54, 1.807) is 36.4 Å². The first-order chi connectivity index (χ1) is 15.1. The van der Waals surface area contributed by atoms with Gasteiger partial charge in [-0.25, -0.2) is 0 Å². The Balaban J connectivity index is 2.12. The Hall–Kier alpha value is -3.45. The second-order valence-corrected chi connectivity index (χ2v) is 8.26. The van der Waals surface area contributed by atoms with Crippen LogP contribution in [0.25, 0.3) is 5.76 Å². The number of hydrogen-bond acceptors (Lipinski definition) is 6. The minimum atomic E-state index is -0.747. The van der Waals surface area contributed by atoms with Gasteiger partial charge < -0.3 is 19.6 Å². The molecule has 7 heteroatoms. The third kappa shape index (κ3) is 4.73. The zero-order valence-electron chi connectivity index (χ0n) is 19.0. The van der Waals surface area contributed by atoms with Gasteiger partial charge in [0.25, 0.3) is 11.7 Å². The lowest BCUT2D eigenvalue weighted by molar-refractivity contribution is -0.140. The number of aryl methyl sites for hydroxylation is 2. The molecular weight excluding hydrogens is 408 g/mol. The lowest BCUT2D eigenvalue weighted by atomic mass is 9.94. The zero-order valence-corrected chi connectivity index (χ0v) is 19.0. The fraction of sp³-hybridized carbons (Fsp3) is 0.320. The zero-order chi connectivity index (χ0) is 23.6. The molecule has 1 heterocycles.